The van der Waals surface area contributed by atoms with Crippen molar-refractivity contribution in [3.8, 4) is 10.6 Å². The molecule has 28 heavy (non-hydrogen) atoms. The van der Waals surface area contributed by atoms with Crippen LogP contribution in [0.15, 0.2) is 64.8 Å². The van der Waals surface area contributed by atoms with Gasteiger partial charge >= 0.3 is 0 Å². The van der Waals surface area contributed by atoms with Crippen LogP contribution < -0.4 is 10.9 Å². The van der Waals surface area contributed by atoms with Crippen LogP contribution in [-0.4, -0.2) is 15.7 Å². The van der Waals surface area contributed by atoms with Crippen LogP contribution in [0.2, 0.25) is 0 Å². The zero-order chi connectivity index (χ0) is 19.7. The van der Waals surface area contributed by atoms with Gasteiger partial charge in [-0.3, -0.25) is 9.59 Å². The Balaban J connectivity index is 1.74. The molecule has 2 aromatic carbocycles. The topological polar surface area (TPSA) is 64.0 Å². The lowest BCUT2D eigenvalue weighted by atomic mass is 10.1. The lowest BCUT2D eigenvalue weighted by Gasteiger charge is -2.13. The van der Waals surface area contributed by atoms with E-state index in [4.69, 9.17) is 0 Å². The van der Waals surface area contributed by atoms with Gasteiger partial charge in [-0.15, -0.1) is 11.3 Å². The van der Waals surface area contributed by atoms with Crippen LogP contribution in [0.1, 0.15) is 11.1 Å². The summed E-state index contributed by atoms with van der Waals surface area (Å²) in [5, 5.41) is 10.8. The molecule has 0 bridgehead atoms. The summed E-state index contributed by atoms with van der Waals surface area (Å²) in [6.45, 7) is 3.74. The SMILES string of the molecule is Cc1cccc(C)c1NC(=O)Cn1nc(-c2cccs2)c2ccccc2c1=O. The molecule has 6 heteroatoms. The van der Waals surface area contributed by atoms with Crippen molar-refractivity contribution in [3.05, 3.63) is 81.5 Å². The number of anilines is 1. The number of fused-ring (bicyclic) bond motifs is 1. The fraction of sp³-hybridized carbons (Fsp3) is 0.136. The van der Waals surface area contributed by atoms with Crippen molar-refractivity contribution in [2.75, 3.05) is 5.32 Å². The van der Waals surface area contributed by atoms with Gasteiger partial charge in [0, 0.05) is 11.1 Å². The zero-order valence-electron chi connectivity index (χ0n) is 15.6. The van der Waals surface area contributed by atoms with Crippen molar-refractivity contribution < 1.29 is 4.79 Å². The second-order valence-corrected chi connectivity index (χ2v) is 7.60. The van der Waals surface area contributed by atoms with Crippen LogP contribution in [0.4, 0.5) is 5.69 Å². The van der Waals surface area contributed by atoms with Crippen LogP contribution in [-0.2, 0) is 11.3 Å². The quantitative estimate of drug-likeness (QED) is 0.563. The van der Waals surface area contributed by atoms with Gasteiger partial charge in [0.2, 0.25) is 5.91 Å². The average Bonchev–Trinajstić information content (AvgIpc) is 3.22. The fourth-order valence-electron chi connectivity index (χ4n) is 3.26. The van der Waals surface area contributed by atoms with E-state index in [1.165, 1.54) is 4.68 Å². The summed E-state index contributed by atoms with van der Waals surface area (Å²) in [6, 6.07) is 17.1. The molecule has 0 fully saturated rings. The number of aryl methyl sites for hydroxylation is 2. The van der Waals surface area contributed by atoms with E-state index >= 15 is 0 Å². The molecule has 5 nitrogen and oxygen atoms in total. The minimum absolute atomic E-state index is 0.143. The van der Waals surface area contributed by atoms with Crippen molar-refractivity contribution in [1.29, 1.82) is 0 Å². The number of hydrogen-bond acceptors (Lipinski definition) is 4. The number of rotatable bonds is 4. The highest BCUT2D eigenvalue weighted by molar-refractivity contribution is 7.13. The highest BCUT2D eigenvalue weighted by Gasteiger charge is 2.15. The van der Waals surface area contributed by atoms with Gasteiger partial charge in [0.25, 0.3) is 5.56 Å². The Labute approximate surface area is 166 Å². The van der Waals surface area contributed by atoms with Gasteiger partial charge in [-0.2, -0.15) is 5.10 Å². The van der Waals surface area contributed by atoms with Crippen molar-refractivity contribution in [1.82, 2.24) is 9.78 Å². The Morgan fingerprint density at radius 2 is 1.71 bits per heavy atom. The average molecular weight is 389 g/mol. The van der Waals surface area contributed by atoms with Crippen LogP contribution >= 0.6 is 11.3 Å². The van der Waals surface area contributed by atoms with E-state index in [-0.39, 0.29) is 18.0 Å². The summed E-state index contributed by atoms with van der Waals surface area (Å²) in [7, 11) is 0. The normalized spacial score (nSPS) is 10.9. The summed E-state index contributed by atoms with van der Waals surface area (Å²) in [4.78, 5) is 26.5. The first-order valence-corrected chi connectivity index (χ1v) is 9.82. The number of thiophene rings is 1. The Hall–Kier alpha value is -3.25. The molecule has 0 unspecified atom stereocenters. The number of nitrogens with zero attached hydrogens (tertiary/aromatic N) is 2. The Morgan fingerprint density at radius 3 is 2.39 bits per heavy atom. The number of benzene rings is 2. The molecule has 4 aromatic rings. The molecule has 4 rings (SSSR count). The third kappa shape index (κ3) is 3.34. The number of para-hydroxylation sites is 1. The van der Waals surface area contributed by atoms with Gasteiger partial charge in [0.1, 0.15) is 12.2 Å². The standard InChI is InChI=1S/C22H19N3O2S/c1-14-7-5-8-15(2)20(14)23-19(26)13-25-22(27)17-10-4-3-9-16(17)21(24-25)18-11-6-12-28-18/h3-12H,13H2,1-2H3,(H,23,26). The lowest BCUT2D eigenvalue weighted by Crippen LogP contribution is -2.30. The molecule has 0 saturated carbocycles. The Bertz CT molecular complexity index is 1210. The molecule has 0 aliphatic heterocycles. The van der Waals surface area contributed by atoms with E-state index in [2.05, 4.69) is 10.4 Å². The number of carbonyl (C=O) groups is 1. The molecule has 2 aromatic heterocycles. The zero-order valence-corrected chi connectivity index (χ0v) is 16.4. The van der Waals surface area contributed by atoms with Gasteiger partial charge in [-0.25, -0.2) is 4.68 Å². The number of amides is 1. The molecule has 1 N–H and O–H groups in total. The van der Waals surface area contributed by atoms with E-state index in [1.54, 1.807) is 17.4 Å². The molecule has 0 radical (unpaired) electrons. The molecule has 0 spiro atoms. The first kappa shape index (κ1) is 18.1. The molecular weight excluding hydrogens is 370 g/mol. The van der Waals surface area contributed by atoms with Crippen molar-refractivity contribution in [3.63, 3.8) is 0 Å². The molecule has 0 saturated heterocycles. The van der Waals surface area contributed by atoms with Crippen LogP contribution in [0.3, 0.4) is 0 Å². The molecule has 1 amide bonds. The second-order valence-electron chi connectivity index (χ2n) is 6.65. The number of aromatic nitrogens is 2. The van der Waals surface area contributed by atoms with Crippen LogP contribution in [0.25, 0.3) is 21.3 Å². The predicted octanol–water partition coefficient (Wildman–Crippen LogP) is 4.38. The summed E-state index contributed by atoms with van der Waals surface area (Å²) in [5.74, 6) is -0.278. The van der Waals surface area contributed by atoms with E-state index in [1.807, 2.05) is 67.8 Å². The fourth-order valence-corrected chi connectivity index (χ4v) is 3.99. The van der Waals surface area contributed by atoms with Gasteiger partial charge in [-0.05, 0) is 42.5 Å². The highest BCUT2D eigenvalue weighted by Crippen LogP contribution is 2.28. The summed E-state index contributed by atoms with van der Waals surface area (Å²) >= 11 is 1.55. The maximum absolute atomic E-state index is 12.9. The first-order chi connectivity index (χ1) is 13.5. The maximum Gasteiger partial charge on any atom is 0.275 e. The summed E-state index contributed by atoms with van der Waals surface area (Å²) < 4.78 is 1.25. The summed E-state index contributed by atoms with van der Waals surface area (Å²) in [6.07, 6.45) is 0. The van der Waals surface area contributed by atoms with E-state index in [9.17, 15) is 9.59 Å². The molecule has 0 aliphatic carbocycles. The van der Waals surface area contributed by atoms with E-state index < -0.39 is 0 Å². The molecule has 0 aliphatic rings. The maximum atomic E-state index is 12.9. The smallest absolute Gasteiger partial charge is 0.275 e. The molecule has 140 valence electrons. The van der Waals surface area contributed by atoms with Crippen LogP contribution in [0, 0.1) is 13.8 Å². The van der Waals surface area contributed by atoms with Crippen molar-refractivity contribution in [2.24, 2.45) is 0 Å². The lowest BCUT2D eigenvalue weighted by molar-refractivity contribution is -0.117. The summed E-state index contributed by atoms with van der Waals surface area (Å²) in [5.41, 5.74) is 3.18. The number of carbonyl (C=O) groups excluding carboxylic acids is 1. The molecule has 0 atom stereocenters. The minimum Gasteiger partial charge on any atom is -0.324 e. The number of hydrogen-bond donors (Lipinski definition) is 1. The minimum atomic E-state index is -0.278. The van der Waals surface area contributed by atoms with Gasteiger partial charge in [0.05, 0.1) is 10.3 Å². The largest absolute Gasteiger partial charge is 0.324 e. The van der Waals surface area contributed by atoms with Gasteiger partial charge in [-0.1, -0.05) is 42.5 Å². The van der Waals surface area contributed by atoms with Gasteiger partial charge in [0.15, 0.2) is 0 Å². The monoisotopic (exact) mass is 389 g/mol. The van der Waals surface area contributed by atoms with Crippen molar-refractivity contribution >= 4 is 33.7 Å². The van der Waals surface area contributed by atoms with E-state index in [0.717, 1.165) is 27.1 Å². The Kier molecular flexibility index (Phi) is 4.79. The van der Waals surface area contributed by atoms with E-state index in [0.29, 0.717) is 11.1 Å². The highest BCUT2D eigenvalue weighted by atomic mass is 32.1. The Morgan fingerprint density at radius 1 is 1.00 bits per heavy atom. The van der Waals surface area contributed by atoms with Crippen molar-refractivity contribution in [2.45, 2.75) is 20.4 Å². The first-order valence-electron chi connectivity index (χ1n) is 8.94. The molecular formula is C22H19N3O2S. The third-order valence-electron chi connectivity index (χ3n) is 4.66. The predicted molar refractivity (Wildman–Crippen MR) is 114 cm³/mol. The third-order valence-corrected chi connectivity index (χ3v) is 5.54. The van der Waals surface area contributed by atoms with Crippen LogP contribution in [0.5, 0.6) is 0 Å². The second kappa shape index (κ2) is 7.40. The number of nitrogens with one attached hydrogen (secondary N) is 1. The van der Waals surface area contributed by atoms with Gasteiger partial charge < -0.3 is 5.32 Å². The molecule has 2 heterocycles.